The Hall–Kier alpha value is -2.97. The lowest BCUT2D eigenvalue weighted by Crippen LogP contribution is -2.50. The molecular weight excluding hydrogens is 414 g/mol. The zero-order valence-electron chi connectivity index (χ0n) is 19.8. The van der Waals surface area contributed by atoms with Crippen LogP contribution in [0, 0.1) is 0 Å². The lowest BCUT2D eigenvalue weighted by molar-refractivity contribution is -0.139. The summed E-state index contributed by atoms with van der Waals surface area (Å²) in [6, 6.07) is 6.45. The molecule has 1 unspecified atom stereocenters. The Morgan fingerprint density at radius 2 is 1.47 bits per heavy atom. The molecule has 0 aromatic heterocycles. The van der Waals surface area contributed by atoms with Crippen LogP contribution < -0.4 is 10.2 Å². The van der Waals surface area contributed by atoms with E-state index in [1.54, 1.807) is 25.7 Å². The van der Waals surface area contributed by atoms with Gasteiger partial charge in [-0.2, -0.15) is 0 Å². The average molecular weight is 450 g/mol. The van der Waals surface area contributed by atoms with Crippen molar-refractivity contribution in [2.75, 3.05) is 31.1 Å². The van der Waals surface area contributed by atoms with Crippen LogP contribution in [-0.4, -0.2) is 71.6 Å². The van der Waals surface area contributed by atoms with Crippen molar-refractivity contribution >= 4 is 23.8 Å². The first-order valence-corrected chi connectivity index (χ1v) is 10.8. The van der Waals surface area contributed by atoms with E-state index < -0.39 is 29.3 Å². The Kier molecular flexibility index (Phi) is 7.98. The van der Waals surface area contributed by atoms with Crippen molar-refractivity contribution in [2.24, 2.45) is 0 Å². The van der Waals surface area contributed by atoms with Crippen LogP contribution in [0.5, 0.6) is 0 Å². The number of aliphatic carboxylic acids is 1. The number of piperazine rings is 1. The Morgan fingerprint density at radius 1 is 0.938 bits per heavy atom. The quantitative estimate of drug-likeness (QED) is 0.710. The molecule has 2 N–H and O–H groups in total. The predicted molar refractivity (Wildman–Crippen MR) is 121 cm³/mol. The van der Waals surface area contributed by atoms with E-state index in [4.69, 9.17) is 9.47 Å². The van der Waals surface area contributed by atoms with E-state index >= 15 is 0 Å². The number of benzene rings is 1. The number of carbonyl (C=O) groups is 3. The summed E-state index contributed by atoms with van der Waals surface area (Å²) in [7, 11) is 0. The maximum Gasteiger partial charge on any atom is 0.410 e. The molecule has 0 spiro atoms. The maximum absolute atomic E-state index is 12.2. The molecule has 178 valence electrons. The summed E-state index contributed by atoms with van der Waals surface area (Å²) in [5, 5.41) is 11.9. The number of hydrogen-bond acceptors (Lipinski definition) is 6. The van der Waals surface area contributed by atoms with E-state index in [1.165, 1.54) is 0 Å². The highest BCUT2D eigenvalue weighted by Crippen LogP contribution is 2.19. The third-order valence-corrected chi connectivity index (χ3v) is 4.66. The van der Waals surface area contributed by atoms with Crippen molar-refractivity contribution in [1.82, 2.24) is 10.2 Å². The highest BCUT2D eigenvalue weighted by Gasteiger charge is 2.27. The maximum atomic E-state index is 12.2. The van der Waals surface area contributed by atoms with E-state index in [-0.39, 0.29) is 12.5 Å². The van der Waals surface area contributed by atoms with Gasteiger partial charge in [0.25, 0.3) is 0 Å². The number of anilines is 1. The van der Waals surface area contributed by atoms with Gasteiger partial charge in [0.1, 0.15) is 17.2 Å². The summed E-state index contributed by atoms with van der Waals surface area (Å²) in [5.74, 6) is -1.13. The first-order valence-electron chi connectivity index (χ1n) is 10.8. The minimum Gasteiger partial charge on any atom is -0.480 e. The Balaban J connectivity index is 1.92. The van der Waals surface area contributed by atoms with Crippen LogP contribution in [-0.2, 0) is 20.7 Å². The van der Waals surface area contributed by atoms with Gasteiger partial charge in [-0.1, -0.05) is 12.1 Å². The van der Waals surface area contributed by atoms with Gasteiger partial charge in [-0.3, -0.25) is 0 Å². The zero-order valence-corrected chi connectivity index (χ0v) is 19.8. The number of ether oxygens (including phenoxy) is 2. The second-order valence-electron chi connectivity index (χ2n) is 9.86. The number of alkyl carbamates (subject to hydrolysis) is 1. The van der Waals surface area contributed by atoms with Gasteiger partial charge >= 0.3 is 18.2 Å². The number of carbonyl (C=O) groups excluding carboxylic acids is 2. The van der Waals surface area contributed by atoms with Crippen LogP contribution in [0.3, 0.4) is 0 Å². The predicted octanol–water partition coefficient (Wildman–Crippen LogP) is 3.26. The fourth-order valence-corrected chi connectivity index (χ4v) is 3.20. The summed E-state index contributed by atoms with van der Waals surface area (Å²) in [6.45, 7) is 13.2. The van der Waals surface area contributed by atoms with Crippen molar-refractivity contribution in [1.29, 1.82) is 0 Å². The number of nitrogens with zero attached hydrogens (tertiary/aromatic N) is 2. The minimum atomic E-state index is -1.13. The van der Waals surface area contributed by atoms with Crippen LogP contribution in [0.25, 0.3) is 0 Å². The van der Waals surface area contributed by atoms with Crippen molar-refractivity contribution in [3.05, 3.63) is 29.8 Å². The van der Waals surface area contributed by atoms with Crippen LogP contribution in [0.1, 0.15) is 47.1 Å². The molecule has 1 heterocycles. The molecule has 9 heteroatoms. The minimum absolute atomic E-state index is 0.140. The molecule has 1 aliphatic rings. The fourth-order valence-electron chi connectivity index (χ4n) is 3.20. The second kappa shape index (κ2) is 10.1. The lowest BCUT2D eigenvalue weighted by Gasteiger charge is -2.36. The van der Waals surface area contributed by atoms with Gasteiger partial charge < -0.3 is 29.7 Å². The molecule has 1 saturated heterocycles. The molecule has 0 aliphatic carbocycles. The molecule has 0 radical (unpaired) electrons. The van der Waals surface area contributed by atoms with E-state index in [0.29, 0.717) is 26.2 Å². The van der Waals surface area contributed by atoms with Gasteiger partial charge in [0.15, 0.2) is 0 Å². The van der Waals surface area contributed by atoms with Crippen molar-refractivity contribution in [3.8, 4) is 0 Å². The highest BCUT2D eigenvalue weighted by molar-refractivity contribution is 5.80. The van der Waals surface area contributed by atoms with Gasteiger partial charge in [-0.25, -0.2) is 14.4 Å². The van der Waals surface area contributed by atoms with Gasteiger partial charge in [0.2, 0.25) is 0 Å². The normalized spacial score (nSPS) is 15.7. The number of rotatable bonds is 5. The summed E-state index contributed by atoms with van der Waals surface area (Å²) < 4.78 is 10.6. The number of amides is 2. The molecule has 0 bridgehead atoms. The molecule has 1 fully saturated rings. The largest absolute Gasteiger partial charge is 0.480 e. The molecule has 1 atom stereocenters. The number of nitrogens with one attached hydrogen (secondary N) is 1. The van der Waals surface area contributed by atoms with Crippen LogP contribution in [0.2, 0.25) is 0 Å². The van der Waals surface area contributed by atoms with E-state index in [9.17, 15) is 19.5 Å². The van der Waals surface area contributed by atoms with Gasteiger partial charge in [-0.15, -0.1) is 0 Å². The monoisotopic (exact) mass is 449 g/mol. The Morgan fingerprint density at radius 3 is 1.94 bits per heavy atom. The van der Waals surface area contributed by atoms with Gasteiger partial charge in [0, 0.05) is 38.3 Å². The SMILES string of the molecule is CC(C)(C)OC(=O)NC(Cc1ccc(N2CCN(C(=O)OC(C)(C)C)CC2)cc1)C(=O)O. The van der Waals surface area contributed by atoms with Crippen LogP contribution in [0.15, 0.2) is 24.3 Å². The van der Waals surface area contributed by atoms with Crippen LogP contribution in [0.4, 0.5) is 15.3 Å². The first-order chi connectivity index (χ1) is 14.7. The second-order valence-corrected chi connectivity index (χ2v) is 9.86. The summed E-state index contributed by atoms with van der Waals surface area (Å²) in [6.07, 6.45) is -0.921. The van der Waals surface area contributed by atoms with Crippen molar-refractivity contribution < 1.29 is 29.0 Å². The van der Waals surface area contributed by atoms with Crippen molar-refractivity contribution in [3.63, 3.8) is 0 Å². The smallest absolute Gasteiger partial charge is 0.410 e. The van der Waals surface area contributed by atoms with E-state index in [2.05, 4.69) is 10.2 Å². The molecule has 1 aliphatic heterocycles. The zero-order chi connectivity index (χ0) is 24.1. The van der Waals surface area contributed by atoms with E-state index in [0.717, 1.165) is 11.3 Å². The van der Waals surface area contributed by atoms with Gasteiger partial charge in [0.05, 0.1) is 0 Å². The molecule has 1 aromatic rings. The van der Waals surface area contributed by atoms with E-state index in [1.807, 2.05) is 45.0 Å². The lowest BCUT2D eigenvalue weighted by atomic mass is 10.1. The standard InChI is InChI=1S/C23H35N3O6/c1-22(2,3)31-20(29)24-18(19(27)28)15-16-7-9-17(10-8-16)25-11-13-26(14-12-25)21(30)32-23(4,5)6/h7-10,18H,11-15H2,1-6H3,(H,24,29)(H,27,28). The van der Waals surface area contributed by atoms with Crippen molar-refractivity contribution in [2.45, 2.75) is 65.2 Å². The highest BCUT2D eigenvalue weighted by atomic mass is 16.6. The molecule has 9 nitrogen and oxygen atoms in total. The molecule has 1 aromatic carbocycles. The van der Waals surface area contributed by atoms with Crippen LogP contribution >= 0.6 is 0 Å². The summed E-state index contributed by atoms with van der Waals surface area (Å²) in [5.41, 5.74) is 0.549. The molecule has 2 amide bonds. The Bertz CT molecular complexity index is 803. The molecule has 0 saturated carbocycles. The third kappa shape index (κ3) is 8.28. The number of carboxylic acids is 1. The summed E-state index contributed by atoms with van der Waals surface area (Å²) in [4.78, 5) is 39.6. The number of hydrogen-bond donors (Lipinski definition) is 2. The average Bonchev–Trinajstić information content (AvgIpc) is 2.65. The number of carboxylic acid groups (broad SMARTS) is 1. The fraction of sp³-hybridized carbons (Fsp3) is 0.609. The van der Waals surface area contributed by atoms with Gasteiger partial charge in [-0.05, 0) is 59.2 Å². The Labute approximate surface area is 189 Å². The third-order valence-electron chi connectivity index (χ3n) is 4.66. The first kappa shape index (κ1) is 25.3. The topological polar surface area (TPSA) is 108 Å². The summed E-state index contributed by atoms with van der Waals surface area (Å²) >= 11 is 0. The molecular formula is C23H35N3O6. The molecule has 2 rings (SSSR count). The molecule has 32 heavy (non-hydrogen) atoms.